The molecule has 1 aromatic heterocycles. The van der Waals surface area contributed by atoms with Gasteiger partial charge < -0.3 is 0 Å². The minimum Gasteiger partial charge on any atom is -0.141 e. The van der Waals surface area contributed by atoms with Crippen molar-refractivity contribution in [3.8, 4) is 10.4 Å². The molecule has 0 spiro atoms. The summed E-state index contributed by atoms with van der Waals surface area (Å²) in [6.07, 6.45) is 0. The molecule has 0 N–H and O–H groups in total. The van der Waals surface area contributed by atoms with E-state index in [0.717, 1.165) is 0 Å². The summed E-state index contributed by atoms with van der Waals surface area (Å²) in [5.41, 5.74) is 1.35. The van der Waals surface area contributed by atoms with Crippen LogP contribution < -0.4 is 0 Å². The minimum atomic E-state index is 1.32. The van der Waals surface area contributed by atoms with Gasteiger partial charge in [-0.1, -0.05) is 18.2 Å². The Bertz CT molecular complexity index is 418. The lowest BCUT2D eigenvalue weighted by molar-refractivity contribution is 1.63. The molecule has 0 radical (unpaired) electrons. The summed E-state index contributed by atoms with van der Waals surface area (Å²) in [7, 11) is 0. The van der Waals surface area contributed by atoms with Gasteiger partial charge in [-0.3, -0.25) is 0 Å². The average Bonchev–Trinajstić information content (AvgIpc) is 2.53. The molecule has 0 nitrogen and oxygen atoms in total. The van der Waals surface area contributed by atoms with E-state index >= 15 is 0 Å². The van der Waals surface area contributed by atoms with Gasteiger partial charge >= 0.3 is 0 Å². The van der Waals surface area contributed by atoms with E-state index in [2.05, 4.69) is 65.9 Å². The maximum absolute atomic E-state index is 2.38. The normalized spacial score (nSPS) is 10.3. The molecule has 0 unspecified atom stereocenters. The third-order valence-electron chi connectivity index (χ3n) is 1.88. The van der Waals surface area contributed by atoms with Crippen LogP contribution in [0.5, 0.6) is 0 Å². The number of thiophene rings is 1. The molecule has 0 saturated carbocycles. The van der Waals surface area contributed by atoms with Crippen LogP contribution in [-0.4, -0.2) is 0 Å². The van der Waals surface area contributed by atoms with Gasteiger partial charge in [0.25, 0.3) is 0 Å². The molecule has 2 rings (SSSR count). The van der Waals surface area contributed by atoms with Crippen molar-refractivity contribution in [1.82, 2.24) is 0 Å². The highest BCUT2D eigenvalue weighted by Gasteiger charge is 2.03. The zero-order valence-corrected chi connectivity index (χ0v) is 10.2. The van der Waals surface area contributed by atoms with Crippen LogP contribution in [0.1, 0.15) is 4.88 Å². The van der Waals surface area contributed by atoms with Crippen molar-refractivity contribution < 1.29 is 0 Å². The molecule has 1 heterocycles. The van der Waals surface area contributed by atoms with Crippen molar-refractivity contribution in [1.29, 1.82) is 0 Å². The van der Waals surface area contributed by atoms with Crippen LogP contribution in [-0.2, 0) is 0 Å². The van der Waals surface area contributed by atoms with Crippen LogP contribution >= 0.6 is 33.9 Å². The predicted octanol–water partition coefficient (Wildman–Crippen LogP) is 4.33. The monoisotopic (exact) mass is 300 g/mol. The van der Waals surface area contributed by atoms with Crippen LogP contribution in [0, 0.1) is 10.5 Å². The largest absolute Gasteiger partial charge is 0.141 e. The van der Waals surface area contributed by atoms with E-state index in [4.69, 9.17) is 0 Å². The van der Waals surface area contributed by atoms with Crippen LogP contribution in [0.4, 0.5) is 0 Å². The van der Waals surface area contributed by atoms with E-state index in [1.54, 1.807) is 0 Å². The maximum Gasteiger partial charge on any atom is 0.0356 e. The first-order valence-electron chi connectivity index (χ1n) is 4.09. The summed E-state index contributed by atoms with van der Waals surface area (Å²) in [6.45, 7) is 2.14. The molecular formula is C11H9IS. The lowest BCUT2D eigenvalue weighted by Crippen LogP contribution is -1.76. The Morgan fingerprint density at radius 3 is 2.46 bits per heavy atom. The Morgan fingerprint density at radius 2 is 1.85 bits per heavy atom. The number of aryl methyl sites for hydroxylation is 1. The van der Waals surface area contributed by atoms with E-state index in [1.807, 2.05) is 11.3 Å². The highest BCUT2D eigenvalue weighted by atomic mass is 127. The smallest absolute Gasteiger partial charge is 0.0356 e. The molecule has 0 fully saturated rings. The molecule has 0 aliphatic rings. The molecule has 0 aliphatic heterocycles. The Kier molecular flexibility index (Phi) is 2.69. The van der Waals surface area contributed by atoms with Gasteiger partial charge in [0.2, 0.25) is 0 Å². The van der Waals surface area contributed by atoms with E-state index in [9.17, 15) is 0 Å². The molecule has 0 saturated heterocycles. The first-order valence-corrected chi connectivity index (χ1v) is 5.98. The predicted molar refractivity (Wildman–Crippen MR) is 67.2 cm³/mol. The zero-order chi connectivity index (χ0) is 9.26. The lowest BCUT2D eigenvalue weighted by Gasteiger charge is -1.99. The van der Waals surface area contributed by atoms with E-state index < -0.39 is 0 Å². The zero-order valence-electron chi connectivity index (χ0n) is 7.25. The average molecular weight is 300 g/mol. The molecule has 13 heavy (non-hydrogen) atoms. The topological polar surface area (TPSA) is 0 Å². The second-order valence-corrected chi connectivity index (χ2v) is 5.34. The summed E-state index contributed by atoms with van der Waals surface area (Å²) in [4.78, 5) is 2.73. The van der Waals surface area contributed by atoms with Gasteiger partial charge in [0.05, 0.1) is 0 Å². The fourth-order valence-corrected chi connectivity index (χ4v) is 3.01. The van der Waals surface area contributed by atoms with Gasteiger partial charge in [0.1, 0.15) is 0 Å². The summed E-state index contributed by atoms with van der Waals surface area (Å²) < 4.78 is 1.32. The van der Waals surface area contributed by atoms with Gasteiger partial charge in [-0.15, -0.1) is 11.3 Å². The van der Waals surface area contributed by atoms with Crippen molar-refractivity contribution in [2.75, 3.05) is 0 Å². The molecule has 0 bridgehead atoms. The highest BCUT2D eigenvalue weighted by molar-refractivity contribution is 14.1. The first kappa shape index (κ1) is 9.21. The number of halogens is 1. The maximum atomic E-state index is 2.38. The Hall–Kier alpha value is -0.350. The fraction of sp³-hybridized carbons (Fsp3) is 0.0909. The Morgan fingerprint density at radius 1 is 1.08 bits per heavy atom. The third-order valence-corrected chi connectivity index (χ3v) is 3.85. The summed E-state index contributed by atoms with van der Waals surface area (Å²) in [6, 6.07) is 12.8. The van der Waals surface area contributed by atoms with Crippen molar-refractivity contribution in [3.63, 3.8) is 0 Å². The van der Waals surface area contributed by atoms with Crippen molar-refractivity contribution in [2.24, 2.45) is 0 Å². The Balaban J connectivity index is 2.52. The van der Waals surface area contributed by atoms with Gasteiger partial charge in [-0.2, -0.15) is 0 Å². The van der Waals surface area contributed by atoms with Gasteiger partial charge in [-0.05, 0) is 47.7 Å². The third kappa shape index (κ3) is 1.94. The minimum absolute atomic E-state index is 1.32. The van der Waals surface area contributed by atoms with Gasteiger partial charge in [0.15, 0.2) is 0 Å². The first-order chi connectivity index (χ1) is 6.27. The van der Waals surface area contributed by atoms with Gasteiger partial charge in [0, 0.05) is 18.9 Å². The van der Waals surface area contributed by atoms with Crippen LogP contribution in [0.2, 0.25) is 0 Å². The van der Waals surface area contributed by atoms with Crippen molar-refractivity contribution in [3.05, 3.63) is 44.8 Å². The summed E-state index contributed by atoms with van der Waals surface area (Å²) in [5.74, 6) is 0. The molecule has 2 aromatic rings. The second-order valence-electron chi connectivity index (χ2n) is 2.89. The fourth-order valence-electron chi connectivity index (χ4n) is 1.24. The van der Waals surface area contributed by atoms with Crippen molar-refractivity contribution in [2.45, 2.75) is 6.92 Å². The van der Waals surface area contributed by atoms with Crippen LogP contribution in [0.15, 0.2) is 36.4 Å². The molecular weight excluding hydrogens is 291 g/mol. The SMILES string of the molecule is Cc1ccc(-c2ccccc2I)s1. The number of hydrogen-bond donors (Lipinski definition) is 0. The second kappa shape index (κ2) is 3.80. The number of rotatable bonds is 1. The van der Waals surface area contributed by atoms with Gasteiger partial charge in [-0.25, -0.2) is 0 Å². The molecule has 1 aromatic carbocycles. The van der Waals surface area contributed by atoms with Crippen molar-refractivity contribution >= 4 is 33.9 Å². The molecule has 2 heteroatoms. The highest BCUT2D eigenvalue weighted by Crippen LogP contribution is 2.30. The van der Waals surface area contributed by atoms with E-state index in [1.165, 1.54) is 18.9 Å². The number of hydrogen-bond acceptors (Lipinski definition) is 1. The summed E-state index contributed by atoms with van der Waals surface area (Å²) >= 11 is 4.23. The Labute approximate surface area is 95.8 Å². The summed E-state index contributed by atoms with van der Waals surface area (Å²) in [5, 5.41) is 0. The number of benzene rings is 1. The van der Waals surface area contributed by atoms with E-state index in [-0.39, 0.29) is 0 Å². The van der Waals surface area contributed by atoms with Crippen LogP contribution in [0.25, 0.3) is 10.4 Å². The van der Waals surface area contributed by atoms with Crippen LogP contribution in [0.3, 0.4) is 0 Å². The molecule has 0 atom stereocenters. The molecule has 0 aliphatic carbocycles. The lowest BCUT2D eigenvalue weighted by atomic mass is 10.2. The molecule has 0 amide bonds. The molecule has 66 valence electrons. The van der Waals surface area contributed by atoms with E-state index in [0.29, 0.717) is 0 Å². The standard InChI is InChI=1S/C11H9IS/c1-8-6-7-11(13-8)9-4-2-3-5-10(9)12/h2-7H,1H3. The quantitative estimate of drug-likeness (QED) is 0.688.